The van der Waals surface area contributed by atoms with Crippen LogP contribution in [0.1, 0.15) is 6.42 Å². The Bertz CT molecular complexity index is 160. The Morgan fingerprint density at radius 2 is 2.60 bits per heavy atom. The van der Waals surface area contributed by atoms with Crippen LogP contribution < -0.4 is 11.3 Å². The summed E-state index contributed by atoms with van der Waals surface area (Å²) in [6.07, 6.45) is 5.97. The highest BCUT2D eigenvalue weighted by atomic mass is 16.5. The monoisotopic (exact) mass is 141 g/mol. The van der Waals surface area contributed by atoms with Gasteiger partial charge in [-0.15, -0.1) is 0 Å². The first-order chi connectivity index (χ1) is 4.83. The summed E-state index contributed by atoms with van der Waals surface area (Å²) in [7, 11) is 1.59. The van der Waals surface area contributed by atoms with Gasteiger partial charge in [0.1, 0.15) is 0 Å². The lowest BCUT2D eigenvalue weighted by Crippen LogP contribution is -2.52. The zero-order valence-corrected chi connectivity index (χ0v) is 5.87. The lowest BCUT2D eigenvalue weighted by Gasteiger charge is -2.27. The quantitative estimate of drug-likeness (QED) is 0.317. The first kappa shape index (κ1) is 7.40. The molecule has 0 aliphatic carbocycles. The maximum atomic E-state index is 5.25. The first-order valence-corrected chi connectivity index (χ1v) is 3.05. The third kappa shape index (κ3) is 1.23. The van der Waals surface area contributed by atoms with E-state index >= 15 is 0 Å². The maximum Gasteiger partial charge on any atom is 0.170 e. The average molecular weight is 141 g/mol. The number of aliphatic imine (C=N–C) groups is 1. The van der Waals surface area contributed by atoms with Crippen molar-refractivity contribution < 1.29 is 4.74 Å². The van der Waals surface area contributed by atoms with Crippen LogP contribution in [0.5, 0.6) is 0 Å². The molecule has 0 aromatic rings. The average Bonchev–Trinajstić information content (AvgIpc) is 2.06. The van der Waals surface area contributed by atoms with E-state index in [1.54, 1.807) is 19.5 Å². The summed E-state index contributed by atoms with van der Waals surface area (Å²) in [5, 5.41) is 0. The van der Waals surface area contributed by atoms with E-state index in [1.165, 1.54) is 0 Å². The van der Waals surface area contributed by atoms with E-state index in [0.29, 0.717) is 6.42 Å². The van der Waals surface area contributed by atoms with Crippen LogP contribution in [-0.4, -0.2) is 19.0 Å². The Labute approximate surface area is 59.7 Å². The lowest BCUT2D eigenvalue weighted by molar-refractivity contribution is 0.0264. The summed E-state index contributed by atoms with van der Waals surface area (Å²) in [4.78, 5) is 3.90. The van der Waals surface area contributed by atoms with Gasteiger partial charge in [0.25, 0.3) is 0 Å². The molecule has 0 bridgehead atoms. The fourth-order valence-corrected chi connectivity index (χ4v) is 0.796. The molecular weight excluding hydrogens is 130 g/mol. The molecule has 0 saturated carbocycles. The van der Waals surface area contributed by atoms with Crippen LogP contribution in [-0.2, 0) is 4.74 Å². The molecule has 1 atom stereocenters. The van der Waals surface area contributed by atoms with Crippen LogP contribution in [0.4, 0.5) is 0 Å². The number of rotatable bonds is 2. The van der Waals surface area contributed by atoms with Crippen LogP contribution in [0, 0.1) is 0 Å². The minimum absolute atomic E-state index is 0.589. The van der Waals surface area contributed by atoms with Crippen molar-refractivity contribution in [3.63, 3.8) is 0 Å². The summed E-state index contributed by atoms with van der Waals surface area (Å²) in [5.41, 5.74) is 1.96. The van der Waals surface area contributed by atoms with Gasteiger partial charge in [0, 0.05) is 19.7 Å². The highest BCUT2D eigenvalue weighted by molar-refractivity contribution is 5.70. The van der Waals surface area contributed by atoms with Crippen molar-refractivity contribution in [1.29, 1.82) is 0 Å². The third-order valence-electron chi connectivity index (χ3n) is 1.50. The normalized spacial score (nSPS) is 31.0. The minimum Gasteiger partial charge on any atom is -0.357 e. The number of nitrogens with one attached hydrogen (secondary N) is 1. The second kappa shape index (κ2) is 2.92. The molecule has 0 fully saturated rings. The van der Waals surface area contributed by atoms with Gasteiger partial charge in [0.2, 0.25) is 0 Å². The van der Waals surface area contributed by atoms with E-state index in [4.69, 9.17) is 10.6 Å². The zero-order valence-electron chi connectivity index (χ0n) is 5.87. The number of hydrazine groups is 1. The Hall–Kier alpha value is -0.710. The third-order valence-corrected chi connectivity index (χ3v) is 1.50. The largest absolute Gasteiger partial charge is 0.357 e. The molecule has 3 N–H and O–H groups in total. The highest BCUT2D eigenvalue weighted by Gasteiger charge is 2.25. The molecule has 56 valence electrons. The number of nitrogens with zero attached hydrogens (tertiary/aromatic N) is 1. The highest BCUT2D eigenvalue weighted by Crippen LogP contribution is 2.11. The molecule has 0 radical (unpaired) electrons. The molecule has 0 saturated heterocycles. The number of nitrogens with two attached hydrogens (primary N) is 1. The van der Waals surface area contributed by atoms with E-state index < -0.39 is 5.72 Å². The molecule has 4 heteroatoms. The molecule has 1 unspecified atom stereocenters. The molecule has 0 spiro atoms. The predicted molar refractivity (Wildman–Crippen MR) is 39.3 cm³/mol. The van der Waals surface area contributed by atoms with Crippen LogP contribution in [0.3, 0.4) is 0 Å². The molecule has 4 nitrogen and oxygen atoms in total. The molecule has 1 aliphatic rings. The van der Waals surface area contributed by atoms with Crippen LogP contribution >= 0.6 is 0 Å². The number of methoxy groups -OCH3 is 1. The van der Waals surface area contributed by atoms with E-state index in [2.05, 4.69) is 10.4 Å². The minimum atomic E-state index is -0.589. The van der Waals surface area contributed by atoms with Gasteiger partial charge in [0.15, 0.2) is 5.72 Å². The van der Waals surface area contributed by atoms with Crippen molar-refractivity contribution in [3.05, 3.63) is 12.3 Å². The second-order valence-electron chi connectivity index (χ2n) is 2.11. The first-order valence-electron chi connectivity index (χ1n) is 3.05. The van der Waals surface area contributed by atoms with Crippen molar-refractivity contribution >= 4 is 6.21 Å². The Morgan fingerprint density at radius 3 is 2.90 bits per heavy atom. The van der Waals surface area contributed by atoms with Gasteiger partial charge in [-0.05, 0) is 0 Å². The lowest BCUT2D eigenvalue weighted by atomic mass is 10.1. The Kier molecular flexibility index (Phi) is 2.16. The fourth-order valence-electron chi connectivity index (χ4n) is 0.796. The van der Waals surface area contributed by atoms with Crippen LogP contribution in [0.15, 0.2) is 17.3 Å². The molecule has 0 aromatic heterocycles. The zero-order chi connectivity index (χ0) is 7.45. The van der Waals surface area contributed by atoms with Crippen molar-refractivity contribution in [2.45, 2.75) is 12.1 Å². The summed E-state index contributed by atoms with van der Waals surface area (Å²) in [6.45, 7) is 0. The van der Waals surface area contributed by atoms with Gasteiger partial charge in [-0.25, -0.2) is 5.43 Å². The van der Waals surface area contributed by atoms with Gasteiger partial charge < -0.3 is 4.74 Å². The van der Waals surface area contributed by atoms with Crippen molar-refractivity contribution in [1.82, 2.24) is 5.43 Å². The fraction of sp³-hybridized carbons (Fsp3) is 0.500. The second-order valence-corrected chi connectivity index (χ2v) is 2.11. The topological polar surface area (TPSA) is 59.6 Å². The number of hydrogen-bond donors (Lipinski definition) is 2. The Balaban J connectivity index is 2.66. The smallest absolute Gasteiger partial charge is 0.170 e. The van der Waals surface area contributed by atoms with Crippen LogP contribution in [0.25, 0.3) is 0 Å². The molecule has 1 rings (SSSR count). The molecular formula is C6H11N3O. The van der Waals surface area contributed by atoms with Crippen molar-refractivity contribution in [2.75, 3.05) is 7.11 Å². The van der Waals surface area contributed by atoms with Gasteiger partial charge in [0.05, 0.1) is 6.21 Å². The van der Waals surface area contributed by atoms with E-state index in [0.717, 1.165) is 0 Å². The molecule has 1 aliphatic heterocycles. The summed E-state index contributed by atoms with van der Waals surface area (Å²) in [6, 6.07) is 0. The van der Waals surface area contributed by atoms with Crippen molar-refractivity contribution in [3.8, 4) is 0 Å². The maximum absolute atomic E-state index is 5.25. The van der Waals surface area contributed by atoms with Crippen LogP contribution in [0.2, 0.25) is 0 Å². The number of hydrogen-bond acceptors (Lipinski definition) is 4. The Morgan fingerprint density at radius 1 is 1.80 bits per heavy atom. The summed E-state index contributed by atoms with van der Waals surface area (Å²) >= 11 is 0. The molecule has 10 heavy (non-hydrogen) atoms. The molecule has 1 heterocycles. The van der Waals surface area contributed by atoms with Gasteiger partial charge in [-0.2, -0.15) is 0 Å². The van der Waals surface area contributed by atoms with Gasteiger partial charge >= 0.3 is 0 Å². The van der Waals surface area contributed by atoms with Gasteiger partial charge in [-0.1, -0.05) is 6.08 Å². The number of ether oxygens (including phenoxy) is 1. The molecule has 0 amide bonds. The van der Waals surface area contributed by atoms with E-state index in [9.17, 15) is 0 Å². The van der Waals surface area contributed by atoms with Crippen molar-refractivity contribution in [2.24, 2.45) is 10.8 Å². The summed E-state index contributed by atoms with van der Waals surface area (Å²) in [5.74, 6) is 5.25. The van der Waals surface area contributed by atoms with E-state index in [1.807, 2.05) is 6.08 Å². The molecule has 0 aromatic carbocycles. The summed E-state index contributed by atoms with van der Waals surface area (Å²) < 4.78 is 5.09. The van der Waals surface area contributed by atoms with Gasteiger partial charge in [-0.3, -0.25) is 10.8 Å². The predicted octanol–water partition coefficient (Wildman–Crippen LogP) is -0.219. The standard InChI is InChI=1S/C6H11N3O/c1-10-6(9-7)3-2-4-8-5-6/h2,4-5,9H,3,7H2,1H3. The van der Waals surface area contributed by atoms with E-state index in [-0.39, 0.29) is 0 Å². The SMILES string of the molecule is COC1(NN)C=NC=CC1.